The van der Waals surface area contributed by atoms with Gasteiger partial charge in [0.05, 0.1) is 5.75 Å². The first-order valence-corrected chi connectivity index (χ1v) is 9.54. The third kappa shape index (κ3) is 3.25. The number of hydrogen-bond acceptors (Lipinski definition) is 6. The molecule has 0 radical (unpaired) electrons. The zero-order valence-corrected chi connectivity index (χ0v) is 13.9. The van der Waals surface area contributed by atoms with Gasteiger partial charge in [-0.25, -0.2) is 8.42 Å². The van der Waals surface area contributed by atoms with E-state index >= 15 is 0 Å². The Balaban J connectivity index is 2.41. The van der Waals surface area contributed by atoms with Crippen LogP contribution in [0.15, 0.2) is 4.90 Å². The number of anilines is 2. The van der Waals surface area contributed by atoms with Gasteiger partial charge in [0.25, 0.3) is 0 Å². The van der Waals surface area contributed by atoms with Gasteiger partial charge in [0.1, 0.15) is 9.90 Å². The van der Waals surface area contributed by atoms with Crippen molar-refractivity contribution in [1.29, 1.82) is 0 Å². The van der Waals surface area contributed by atoms with Crippen molar-refractivity contribution in [2.45, 2.75) is 51.0 Å². The standard InChI is InChI=1S/C13H23N3O2S2/c1-4-7-20(17,18)11-12(14)15-19-13(11)16(8-9(2)3)10-5-6-10/h9-10H,4-8H2,1-3H3,(H2,14,15). The molecule has 7 heteroatoms. The summed E-state index contributed by atoms with van der Waals surface area (Å²) in [5.74, 6) is 0.761. The Labute approximate surface area is 125 Å². The summed E-state index contributed by atoms with van der Waals surface area (Å²) in [6.45, 7) is 6.99. The Bertz CT molecular complexity index is 562. The molecular weight excluding hydrogens is 294 g/mol. The molecule has 0 amide bonds. The lowest BCUT2D eigenvalue weighted by Crippen LogP contribution is -2.30. The maximum absolute atomic E-state index is 12.4. The molecule has 0 aliphatic heterocycles. The quantitative estimate of drug-likeness (QED) is 0.836. The largest absolute Gasteiger partial charge is 0.382 e. The second kappa shape index (κ2) is 5.89. The molecule has 1 aromatic rings. The summed E-state index contributed by atoms with van der Waals surface area (Å²) in [5.41, 5.74) is 5.84. The fourth-order valence-electron chi connectivity index (χ4n) is 2.31. The van der Waals surface area contributed by atoms with Gasteiger partial charge in [0.2, 0.25) is 0 Å². The predicted molar refractivity (Wildman–Crippen MR) is 84.1 cm³/mol. The van der Waals surface area contributed by atoms with Crippen LogP contribution in [0.5, 0.6) is 0 Å². The van der Waals surface area contributed by atoms with Crippen LogP contribution in [0.25, 0.3) is 0 Å². The van der Waals surface area contributed by atoms with Crippen LogP contribution in [0, 0.1) is 5.92 Å². The maximum Gasteiger partial charge on any atom is 0.185 e. The first kappa shape index (κ1) is 15.6. The van der Waals surface area contributed by atoms with Crippen LogP contribution in [-0.2, 0) is 9.84 Å². The van der Waals surface area contributed by atoms with E-state index in [0.717, 1.165) is 24.4 Å². The van der Waals surface area contributed by atoms with Crippen molar-refractivity contribution in [3.63, 3.8) is 0 Å². The van der Waals surface area contributed by atoms with E-state index < -0.39 is 9.84 Å². The molecule has 1 saturated carbocycles. The van der Waals surface area contributed by atoms with E-state index in [-0.39, 0.29) is 16.5 Å². The zero-order chi connectivity index (χ0) is 14.9. The summed E-state index contributed by atoms with van der Waals surface area (Å²) < 4.78 is 29.0. The van der Waals surface area contributed by atoms with E-state index in [1.165, 1.54) is 11.5 Å². The minimum atomic E-state index is -3.33. The van der Waals surface area contributed by atoms with Crippen LogP contribution in [0.4, 0.5) is 10.8 Å². The van der Waals surface area contributed by atoms with Crippen molar-refractivity contribution in [1.82, 2.24) is 4.37 Å². The van der Waals surface area contributed by atoms with Crippen molar-refractivity contribution >= 4 is 32.2 Å². The van der Waals surface area contributed by atoms with Gasteiger partial charge in [-0.3, -0.25) is 0 Å². The molecule has 114 valence electrons. The summed E-state index contributed by atoms with van der Waals surface area (Å²) in [4.78, 5) is 2.46. The van der Waals surface area contributed by atoms with Gasteiger partial charge in [0, 0.05) is 12.6 Å². The predicted octanol–water partition coefficient (Wildman–Crippen LogP) is 2.53. The summed E-state index contributed by atoms with van der Waals surface area (Å²) >= 11 is 1.22. The number of aromatic nitrogens is 1. The van der Waals surface area contributed by atoms with Crippen LogP contribution in [-0.4, -0.2) is 31.1 Å². The summed E-state index contributed by atoms with van der Waals surface area (Å²) in [5, 5.41) is 0.743. The summed E-state index contributed by atoms with van der Waals surface area (Å²) in [6.07, 6.45) is 2.83. The van der Waals surface area contributed by atoms with Crippen LogP contribution < -0.4 is 10.6 Å². The van der Waals surface area contributed by atoms with Crippen LogP contribution in [0.1, 0.15) is 40.0 Å². The number of sulfone groups is 1. The van der Waals surface area contributed by atoms with E-state index in [4.69, 9.17) is 5.73 Å². The molecule has 0 saturated heterocycles. The fourth-order valence-corrected chi connectivity index (χ4v) is 5.14. The highest BCUT2D eigenvalue weighted by Gasteiger charge is 2.35. The summed E-state index contributed by atoms with van der Waals surface area (Å²) in [7, 11) is -3.33. The fraction of sp³-hybridized carbons (Fsp3) is 0.769. The molecule has 0 bridgehead atoms. The lowest BCUT2D eigenvalue weighted by molar-refractivity contribution is 0.590. The number of nitrogen functional groups attached to an aromatic ring is 1. The second-order valence-corrected chi connectivity index (χ2v) is 8.60. The van der Waals surface area contributed by atoms with E-state index in [2.05, 4.69) is 23.1 Å². The molecular formula is C13H23N3O2S2. The van der Waals surface area contributed by atoms with E-state index in [0.29, 0.717) is 18.4 Å². The van der Waals surface area contributed by atoms with Gasteiger partial charge in [-0.05, 0) is 36.7 Å². The van der Waals surface area contributed by atoms with Gasteiger partial charge in [-0.2, -0.15) is 4.37 Å². The third-order valence-electron chi connectivity index (χ3n) is 3.25. The van der Waals surface area contributed by atoms with Crippen LogP contribution in [0.3, 0.4) is 0 Å². The second-order valence-electron chi connectivity index (χ2n) is 5.80. The average molecular weight is 317 g/mol. The molecule has 0 atom stereocenters. The Hall–Kier alpha value is -0.820. The van der Waals surface area contributed by atoms with Crippen molar-refractivity contribution in [3.8, 4) is 0 Å². The highest BCUT2D eigenvalue weighted by Crippen LogP contribution is 2.41. The van der Waals surface area contributed by atoms with E-state index in [1.807, 2.05) is 6.92 Å². The number of hydrogen-bond donors (Lipinski definition) is 1. The third-order valence-corrected chi connectivity index (χ3v) is 6.25. The Kier molecular flexibility index (Phi) is 4.59. The Morgan fingerprint density at radius 3 is 2.60 bits per heavy atom. The van der Waals surface area contributed by atoms with Gasteiger partial charge < -0.3 is 10.6 Å². The van der Waals surface area contributed by atoms with Crippen molar-refractivity contribution < 1.29 is 8.42 Å². The highest BCUT2D eigenvalue weighted by molar-refractivity contribution is 7.91. The Morgan fingerprint density at radius 1 is 1.45 bits per heavy atom. The molecule has 0 unspecified atom stereocenters. The smallest absolute Gasteiger partial charge is 0.185 e. The number of rotatable bonds is 7. The molecule has 5 nitrogen and oxygen atoms in total. The monoisotopic (exact) mass is 317 g/mol. The van der Waals surface area contributed by atoms with Crippen LogP contribution >= 0.6 is 11.5 Å². The molecule has 2 rings (SSSR count). The average Bonchev–Trinajstić information content (AvgIpc) is 3.08. The molecule has 20 heavy (non-hydrogen) atoms. The molecule has 0 spiro atoms. The molecule has 2 N–H and O–H groups in total. The SMILES string of the molecule is CCCS(=O)(=O)c1c(N)nsc1N(CC(C)C)C1CC1. The zero-order valence-electron chi connectivity index (χ0n) is 12.3. The number of nitrogens with two attached hydrogens (primary N) is 1. The molecule has 1 fully saturated rings. The first-order valence-electron chi connectivity index (χ1n) is 7.11. The topological polar surface area (TPSA) is 76.3 Å². The lowest BCUT2D eigenvalue weighted by atomic mass is 10.2. The van der Waals surface area contributed by atoms with Gasteiger partial charge in [0.15, 0.2) is 15.7 Å². The highest BCUT2D eigenvalue weighted by atomic mass is 32.2. The lowest BCUT2D eigenvalue weighted by Gasteiger charge is -2.25. The Morgan fingerprint density at radius 2 is 2.10 bits per heavy atom. The molecule has 1 aromatic heterocycles. The van der Waals surface area contributed by atoms with Gasteiger partial charge in [-0.1, -0.05) is 20.8 Å². The summed E-state index contributed by atoms with van der Waals surface area (Å²) in [6, 6.07) is 0.452. The van der Waals surface area contributed by atoms with Crippen molar-refractivity contribution in [3.05, 3.63) is 0 Å². The molecule has 1 aliphatic rings. The van der Waals surface area contributed by atoms with Crippen molar-refractivity contribution in [2.24, 2.45) is 5.92 Å². The number of nitrogens with zero attached hydrogens (tertiary/aromatic N) is 2. The molecule has 1 heterocycles. The van der Waals surface area contributed by atoms with Gasteiger partial charge >= 0.3 is 0 Å². The minimum Gasteiger partial charge on any atom is -0.382 e. The van der Waals surface area contributed by atoms with Crippen molar-refractivity contribution in [2.75, 3.05) is 22.9 Å². The van der Waals surface area contributed by atoms with E-state index in [1.54, 1.807) is 0 Å². The minimum absolute atomic E-state index is 0.128. The molecule has 1 aliphatic carbocycles. The van der Waals surface area contributed by atoms with Crippen LogP contribution in [0.2, 0.25) is 0 Å². The maximum atomic E-state index is 12.4. The first-order chi connectivity index (χ1) is 9.36. The van der Waals surface area contributed by atoms with Gasteiger partial charge in [-0.15, -0.1) is 0 Å². The van der Waals surface area contributed by atoms with E-state index in [9.17, 15) is 8.42 Å². The molecule has 0 aromatic carbocycles. The normalized spacial score (nSPS) is 15.8.